The number of hydrogen-bond acceptors (Lipinski definition) is 4. The number of pyridine rings is 1. The van der Waals surface area contributed by atoms with E-state index in [2.05, 4.69) is 10.3 Å². The highest BCUT2D eigenvalue weighted by molar-refractivity contribution is 6.30. The van der Waals surface area contributed by atoms with Crippen molar-refractivity contribution in [3.05, 3.63) is 23.4 Å². The quantitative estimate of drug-likeness (QED) is 0.868. The van der Waals surface area contributed by atoms with Gasteiger partial charge in [-0.1, -0.05) is 11.6 Å². The Kier molecular flexibility index (Phi) is 4.29. The minimum absolute atomic E-state index is 0.157. The maximum absolute atomic E-state index is 12.3. The van der Waals surface area contributed by atoms with E-state index in [1.54, 1.807) is 6.07 Å². The molecule has 1 aromatic heterocycles. The molecule has 0 atom stereocenters. The van der Waals surface area contributed by atoms with Gasteiger partial charge < -0.3 is 15.3 Å². The Morgan fingerprint density at radius 1 is 1.43 bits per heavy atom. The first-order valence-corrected chi connectivity index (χ1v) is 6.67. The first-order valence-electron chi connectivity index (χ1n) is 6.29. The van der Waals surface area contributed by atoms with E-state index in [0.717, 1.165) is 0 Å². The summed E-state index contributed by atoms with van der Waals surface area (Å²) in [7, 11) is 0. The van der Waals surface area contributed by atoms with E-state index in [4.69, 9.17) is 16.7 Å². The molecule has 110 valence electrons. The van der Waals surface area contributed by atoms with Crippen molar-refractivity contribution < 1.29 is 14.7 Å². The SMILES string of the molecule is N#CC1(C(=O)Nc2ccc(Cl)cn2)CCN(C(=O)O)CC1. The summed E-state index contributed by atoms with van der Waals surface area (Å²) < 4.78 is 0. The zero-order chi connectivity index (χ0) is 15.5. The molecule has 2 amide bonds. The molecule has 1 saturated heterocycles. The molecule has 0 spiro atoms. The lowest BCUT2D eigenvalue weighted by Crippen LogP contribution is -2.47. The number of carbonyl (C=O) groups excluding carboxylic acids is 1. The summed E-state index contributed by atoms with van der Waals surface area (Å²) in [4.78, 5) is 28.3. The predicted molar refractivity (Wildman–Crippen MR) is 74.8 cm³/mol. The smallest absolute Gasteiger partial charge is 0.407 e. The van der Waals surface area contributed by atoms with E-state index in [0.29, 0.717) is 10.8 Å². The predicted octanol–water partition coefficient (Wildman–Crippen LogP) is 1.96. The molecule has 0 aromatic carbocycles. The van der Waals surface area contributed by atoms with Gasteiger partial charge in [0.25, 0.3) is 0 Å². The second-order valence-corrected chi connectivity index (χ2v) is 5.22. The van der Waals surface area contributed by atoms with Crippen molar-refractivity contribution in [2.24, 2.45) is 5.41 Å². The summed E-state index contributed by atoms with van der Waals surface area (Å²) in [5.74, 6) is -0.162. The van der Waals surface area contributed by atoms with Crippen LogP contribution >= 0.6 is 11.6 Å². The number of likely N-dealkylation sites (tertiary alicyclic amines) is 1. The molecule has 1 aliphatic heterocycles. The van der Waals surface area contributed by atoms with Crippen molar-refractivity contribution in [2.45, 2.75) is 12.8 Å². The third-order valence-electron chi connectivity index (χ3n) is 3.51. The maximum atomic E-state index is 12.3. The molecule has 2 N–H and O–H groups in total. The third-order valence-corrected chi connectivity index (χ3v) is 3.73. The zero-order valence-corrected chi connectivity index (χ0v) is 11.8. The molecule has 1 aromatic rings. The van der Waals surface area contributed by atoms with Crippen molar-refractivity contribution >= 4 is 29.4 Å². The summed E-state index contributed by atoms with van der Waals surface area (Å²) >= 11 is 5.71. The van der Waals surface area contributed by atoms with E-state index in [1.807, 2.05) is 6.07 Å². The van der Waals surface area contributed by atoms with E-state index in [9.17, 15) is 14.9 Å². The van der Waals surface area contributed by atoms with E-state index in [1.165, 1.54) is 17.2 Å². The Hall–Kier alpha value is -2.33. The van der Waals surface area contributed by atoms with Crippen LogP contribution in [0, 0.1) is 16.7 Å². The average Bonchev–Trinajstić information content (AvgIpc) is 2.49. The average molecular weight is 309 g/mol. The summed E-state index contributed by atoms with van der Waals surface area (Å²) in [5, 5.41) is 21.3. The first-order chi connectivity index (χ1) is 9.97. The monoisotopic (exact) mass is 308 g/mol. The molecular weight excluding hydrogens is 296 g/mol. The molecule has 0 saturated carbocycles. The highest BCUT2D eigenvalue weighted by Gasteiger charge is 2.43. The van der Waals surface area contributed by atoms with Crippen LogP contribution in [0.4, 0.5) is 10.6 Å². The lowest BCUT2D eigenvalue weighted by molar-refractivity contribution is -0.124. The lowest BCUT2D eigenvalue weighted by atomic mass is 9.79. The molecule has 2 rings (SSSR count). The Balaban J connectivity index is 2.07. The van der Waals surface area contributed by atoms with Gasteiger partial charge in [0.1, 0.15) is 11.2 Å². The fraction of sp³-hybridized carbons (Fsp3) is 0.385. The fourth-order valence-corrected chi connectivity index (χ4v) is 2.27. The highest BCUT2D eigenvalue weighted by atomic mass is 35.5. The molecule has 0 unspecified atom stereocenters. The van der Waals surface area contributed by atoms with Crippen LogP contribution in [0.25, 0.3) is 0 Å². The van der Waals surface area contributed by atoms with Crippen LogP contribution in [0.1, 0.15) is 12.8 Å². The van der Waals surface area contributed by atoms with Crippen molar-refractivity contribution in [3.63, 3.8) is 0 Å². The second kappa shape index (κ2) is 5.97. The normalized spacial score (nSPS) is 16.9. The van der Waals surface area contributed by atoms with Gasteiger partial charge in [-0.2, -0.15) is 5.26 Å². The molecule has 2 heterocycles. The van der Waals surface area contributed by atoms with Gasteiger partial charge in [0.05, 0.1) is 11.1 Å². The minimum Gasteiger partial charge on any atom is -0.465 e. The largest absolute Gasteiger partial charge is 0.465 e. The van der Waals surface area contributed by atoms with E-state index >= 15 is 0 Å². The second-order valence-electron chi connectivity index (χ2n) is 4.78. The Morgan fingerprint density at radius 2 is 2.10 bits per heavy atom. The molecule has 0 bridgehead atoms. The Morgan fingerprint density at radius 3 is 2.57 bits per heavy atom. The van der Waals surface area contributed by atoms with Crippen LogP contribution in [0.15, 0.2) is 18.3 Å². The van der Waals surface area contributed by atoms with Gasteiger partial charge in [0.2, 0.25) is 5.91 Å². The Bertz CT molecular complexity index is 588. The molecule has 1 aliphatic rings. The molecule has 0 aliphatic carbocycles. The number of nitrogens with zero attached hydrogens (tertiary/aromatic N) is 3. The van der Waals surface area contributed by atoms with Gasteiger partial charge >= 0.3 is 6.09 Å². The summed E-state index contributed by atoms with van der Waals surface area (Å²) in [6.07, 6.45) is 0.676. The van der Waals surface area contributed by atoms with Crippen LogP contribution in [0.2, 0.25) is 5.02 Å². The third kappa shape index (κ3) is 3.23. The van der Waals surface area contributed by atoms with E-state index in [-0.39, 0.29) is 25.9 Å². The zero-order valence-electron chi connectivity index (χ0n) is 11.0. The van der Waals surface area contributed by atoms with Crippen LogP contribution in [-0.4, -0.2) is 40.1 Å². The van der Waals surface area contributed by atoms with Crippen molar-refractivity contribution in [1.29, 1.82) is 5.26 Å². The summed E-state index contributed by atoms with van der Waals surface area (Å²) in [5.41, 5.74) is -1.23. The summed E-state index contributed by atoms with van der Waals surface area (Å²) in [6.45, 7) is 0.314. The number of anilines is 1. The van der Waals surface area contributed by atoms with Gasteiger partial charge in [0.15, 0.2) is 0 Å². The van der Waals surface area contributed by atoms with Crippen molar-refractivity contribution in [3.8, 4) is 6.07 Å². The molecule has 1 fully saturated rings. The number of aromatic nitrogens is 1. The molecule has 0 radical (unpaired) electrons. The number of carboxylic acid groups (broad SMARTS) is 1. The van der Waals surface area contributed by atoms with Crippen molar-refractivity contribution in [1.82, 2.24) is 9.88 Å². The van der Waals surface area contributed by atoms with Gasteiger partial charge in [-0.05, 0) is 25.0 Å². The molecule has 8 heteroatoms. The topological polar surface area (TPSA) is 106 Å². The standard InChI is InChI=1S/C13H13ClN4O3/c14-9-1-2-10(16-7-9)17-11(19)13(8-15)3-5-18(6-4-13)12(20)21/h1-2,7H,3-6H2,(H,20,21)(H,16,17,19). The molecule has 21 heavy (non-hydrogen) atoms. The highest BCUT2D eigenvalue weighted by Crippen LogP contribution is 2.32. The number of piperidine rings is 1. The fourth-order valence-electron chi connectivity index (χ4n) is 2.16. The minimum atomic E-state index is -1.23. The van der Waals surface area contributed by atoms with Gasteiger partial charge in [-0.25, -0.2) is 9.78 Å². The number of halogens is 1. The van der Waals surface area contributed by atoms with Crippen LogP contribution in [0.5, 0.6) is 0 Å². The number of nitrogens with one attached hydrogen (secondary N) is 1. The number of carbonyl (C=O) groups is 2. The molecule has 7 nitrogen and oxygen atoms in total. The lowest BCUT2D eigenvalue weighted by Gasteiger charge is -2.34. The number of hydrogen-bond donors (Lipinski definition) is 2. The van der Waals surface area contributed by atoms with Gasteiger partial charge in [-0.3, -0.25) is 4.79 Å². The van der Waals surface area contributed by atoms with Crippen LogP contribution in [-0.2, 0) is 4.79 Å². The Labute approximate surface area is 126 Å². The summed E-state index contributed by atoms with van der Waals surface area (Å²) in [6, 6.07) is 5.14. The van der Waals surface area contributed by atoms with Gasteiger partial charge in [0, 0.05) is 19.3 Å². The maximum Gasteiger partial charge on any atom is 0.407 e. The van der Waals surface area contributed by atoms with Crippen LogP contribution < -0.4 is 5.32 Å². The number of nitriles is 1. The number of rotatable bonds is 2. The molecular formula is C13H13ClN4O3. The van der Waals surface area contributed by atoms with Gasteiger partial charge in [-0.15, -0.1) is 0 Å². The first kappa shape index (κ1) is 15.1. The van der Waals surface area contributed by atoms with E-state index < -0.39 is 17.4 Å². The van der Waals surface area contributed by atoms with Crippen LogP contribution in [0.3, 0.4) is 0 Å². The number of amides is 2. The van der Waals surface area contributed by atoms with Crippen molar-refractivity contribution in [2.75, 3.05) is 18.4 Å².